The van der Waals surface area contributed by atoms with Crippen LogP contribution >= 0.6 is 0 Å². The van der Waals surface area contributed by atoms with E-state index < -0.39 is 28.4 Å². The van der Waals surface area contributed by atoms with Crippen LogP contribution in [0.15, 0.2) is 41.8 Å². The van der Waals surface area contributed by atoms with Crippen LogP contribution < -0.4 is 4.72 Å². The third-order valence-corrected chi connectivity index (χ3v) is 4.96. The van der Waals surface area contributed by atoms with E-state index in [4.69, 9.17) is 5.11 Å². The van der Waals surface area contributed by atoms with Crippen molar-refractivity contribution < 1.29 is 23.1 Å². The molecule has 24 heavy (non-hydrogen) atoms. The number of rotatable bonds is 9. The van der Waals surface area contributed by atoms with E-state index in [1.165, 1.54) is 35.2 Å². The molecule has 1 aromatic carbocycles. The monoisotopic (exact) mass is 354 g/mol. The Morgan fingerprint density at radius 3 is 2.38 bits per heavy atom. The van der Waals surface area contributed by atoms with Crippen molar-refractivity contribution in [2.45, 2.75) is 31.2 Å². The summed E-state index contributed by atoms with van der Waals surface area (Å²) in [6.45, 7) is 6.75. The number of amides is 1. The Bertz CT molecular complexity index is 698. The maximum atomic E-state index is 12.5. The molecule has 0 bridgehead atoms. The second-order valence-electron chi connectivity index (χ2n) is 5.25. The summed E-state index contributed by atoms with van der Waals surface area (Å²) in [5.41, 5.74) is 0.235. The van der Waals surface area contributed by atoms with Gasteiger partial charge < -0.3 is 10.0 Å². The predicted molar refractivity (Wildman–Crippen MR) is 90.3 cm³/mol. The summed E-state index contributed by atoms with van der Waals surface area (Å²) in [7, 11) is -3.67. The summed E-state index contributed by atoms with van der Waals surface area (Å²) >= 11 is 0. The first-order valence-electron chi connectivity index (χ1n) is 7.46. The second kappa shape index (κ2) is 8.60. The van der Waals surface area contributed by atoms with Gasteiger partial charge in [-0.3, -0.25) is 9.59 Å². The highest BCUT2D eigenvalue weighted by Gasteiger charge is 2.23. The molecule has 1 unspecified atom stereocenters. The molecule has 1 amide bonds. The summed E-state index contributed by atoms with van der Waals surface area (Å²) in [5, 5.41) is 8.97. The molecule has 1 rings (SSSR count). The maximum absolute atomic E-state index is 12.5. The normalized spacial score (nSPS) is 12.4. The van der Waals surface area contributed by atoms with E-state index in [1.807, 2.05) is 6.92 Å². The van der Waals surface area contributed by atoms with Gasteiger partial charge in [0.05, 0.1) is 4.90 Å². The van der Waals surface area contributed by atoms with Crippen LogP contribution in [-0.2, 0) is 14.8 Å². The minimum absolute atomic E-state index is 0.0224. The van der Waals surface area contributed by atoms with Crippen LogP contribution in [0.4, 0.5) is 0 Å². The molecule has 1 aromatic rings. The third-order valence-electron chi connectivity index (χ3n) is 3.52. The standard InChI is InChI=1S/C16H22N2O5S/c1-4-10-17-24(22,23)14-8-6-13(7-9-14)16(21)18(11-15(19)20)12(3)5-2/h4,6-9,12,17H,1,5,10-11H2,2-3H3,(H,19,20). The lowest BCUT2D eigenvalue weighted by Crippen LogP contribution is -2.41. The van der Waals surface area contributed by atoms with Crippen molar-refractivity contribution in [1.82, 2.24) is 9.62 Å². The van der Waals surface area contributed by atoms with Crippen LogP contribution in [0.25, 0.3) is 0 Å². The van der Waals surface area contributed by atoms with E-state index in [0.29, 0.717) is 6.42 Å². The van der Waals surface area contributed by atoms with Crippen LogP contribution in [0.5, 0.6) is 0 Å². The molecule has 0 heterocycles. The van der Waals surface area contributed by atoms with E-state index in [9.17, 15) is 18.0 Å². The highest BCUT2D eigenvalue weighted by molar-refractivity contribution is 7.89. The van der Waals surface area contributed by atoms with Crippen molar-refractivity contribution in [3.63, 3.8) is 0 Å². The lowest BCUT2D eigenvalue weighted by atomic mass is 10.1. The number of carbonyl (C=O) groups excluding carboxylic acids is 1. The number of nitrogens with one attached hydrogen (secondary N) is 1. The number of carboxylic acids is 1. The van der Waals surface area contributed by atoms with Crippen molar-refractivity contribution >= 4 is 21.9 Å². The molecule has 0 saturated heterocycles. The fourth-order valence-corrected chi connectivity index (χ4v) is 2.99. The Labute approximate surface area is 142 Å². The van der Waals surface area contributed by atoms with Gasteiger partial charge in [0.25, 0.3) is 5.91 Å². The molecule has 7 nitrogen and oxygen atoms in total. The van der Waals surface area contributed by atoms with E-state index in [2.05, 4.69) is 11.3 Å². The molecular weight excluding hydrogens is 332 g/mol. The Balaban J connectivity index is 3.03. The van der Waals surface area contributed by atoms with Gasteiger partial charge in [-0.15, -0.1) is 6.58 Å². The number of hydrogen-bond donors (Lipinski definition) is 2. The number of sulfonamides is 1. The molecule has 0 fully saturated rings. The Morgan fingerprint density at radius 1 is 1.33 bits per heavy atom. The van der Waals surface area contributed by atoms with Gasteiger partial charge in [-0.05, 0) is 37.6 Å². The zero-order valence-corrected chi connectivity index (χ0v) is 14.5. The molecule has 1 atom stereocenters. The fraction of sp³-hybridized carbons (Fsp3) is 0.375. The molecule has 0 spiro atoms. The zero-order chi connectivity index (χ0) is 18.3. The number of nitrogens with zero attached hydrogens (tertiary/aromatic N) is 1. The number of carbonyl (C=O) groups is 2. The Hall–Kier alpha value is -2.19. The summed E-state index contributed by atoms with van der Waals surface area (Å²) < 4.78 is 26.3. The summed E-state index contributed by atoms with van der Waals surface area (Å²) in [5.74, 6) is -1.55. The third kappa shape index (κ3) is 5.17. The lowest BCUT2D eigenvalue weighted by Gasteiger charge is -2.27. The van der Waals surface area contributed by atoms with Gasteiger partial charge in [0.15, 0.2) is 0 Å². The summed E-state index contributed by atoms with van der Waals surface area (Å²) in [6, 6.07) is 5.14. The van der Waals surface area contributed by atoms with Gasteiger partial charge in [0.1, 0.15) is 6.54 Å². The van der Waals surface area contributed by atoms with Crippen molar-refractivity contribution in [3.8, 4) is 0 Å². The van der Waals surface area contributed by atoms with Crippen molar-refractivity contribution in [3.05, 3.63) is 42.5 Å². The summed E-state index contributed by atoms with van der Waals surface area (Å²) in [4.78, 5) is 24.7. The first-order chi connectivity index (χ1) is 11.2. The fourth-order valence-electron chi connectivity index (χ4n) is 1.99. The lowest BCUT2D eigenvalue weighted by molar-refractivity contribution is -0.138. The molecule has 0 radical (unpaired) electrons. The van der Waals surface area contributed by atoms with E-state index in [1.54, 1.807) is 6.92 Å². The topological polar surface area (TPSA) is 104 Å². The summed E-state index contributed by atoms with van der Waals surface area (Å²) in [6.07, 6.45) is 2.03. The Morgan fingerprint density at radius 2 is 1.92 bits per heavy atom. The minimum atomic E-state index is -3.67. The molecule has 0 aliphatic rings. The maximum Gasteiger partial charge on any atom is 0.323 e. The number of hydrogen-bond acceptors (Lipinski definition) is 4. The smallest absolute Gasteiger partial charge is 0.323 e. The molecule has 132 valence electrons. The first kappa shape index (κ1) is 19.9. The first-order valence-corrected chi connectivity index (χ1v) is 8.94. The van der Waals surface area contributed by atoms with Crippen LogP contribution in [-0.4, -0.2) is 49.4 Å². The number of aliphatic carboxylic acids is 1. The molecule has 0 aliphatic carbocycles. The highest BCUT2D eigenvalue weighted by Crippen LogP contribution is 2.14. The van der Waals surface area contributed by atoms with E-state index in [0.717, 1.165) is 0 Å². The van der Waals surface area contributed by atoms with Crippen LogP contribution in [0.1, 0.15) is 30.6 Å². The average molecular weight is 354 g/mol. The van der Waals surface area contributed by atoms with Crippen molar-refractivity contribution in [1.29, 1.82) is 0 Å². The largest absolute Gasteiger partial charge is 0.480 e. The minimum Gasteiger partial charge on any atom is -0.480 e. The number of carboxylic acid groups (broad SMARTS) is 1. The van der Waals surface area contributed by atoms with Crippen molar-refractivity contribution in [2.75, 3.05) is 13.1 Å². The van der Waals surface area contributed by atoms with Gasteiger partial charge in [-0.1, -0.05) is 13.0 Å². The number of benzene rings is 1. The Kier molecular flexibility index (Phi) is 7.12. The van der Waals surface area contributed by atoms with Crippen LogP contribution in [0.2, 0.25) is 0 Å². The molecule has 2 N–H and O–H groups in total. The predicted octanol–water partition coefficient (Wildman–Crippen LogP) is 1.48. The van der Waals surface area contributed by atoms with Gasteiger partial charge in [0.2, 0.25) is 10.0 Å². The van der Waals surface area contributed by atoms with Crippen LogP contribution in [0, 0.1) is 0 Å². The second-order valence-corrected chi connectivity index (χ2v) is 7.02. The van der Waals surface area contributed by atoms with E-state index >= 15 is 0 Å². The molecular formula is C16H22N2O5S. The van der Waals surface area contributed by atoms with Gasteiger partial charge in [-0.2, -0.15) is 0 Å². The molecule has 0 saturated carbocycles. The van der Waals surface area contributed by atoms with Crippen molar-refractivity contribution in [2.24, 2.45) is 0 Å². The molecule has 0 aliphatic heterocycles. The van der Waals surface area contributed by atoms with Gasteiger partial charge >= 0.3 is 5.97 Å². The van der Waals surface area contributed by atoms with Gasteiger partial charge in [0, 0.05) is 18.2 Å². The van der Waals surface area contributed by atoms with Crippen LogP contribution in [0.3, 0.4) is 0 Å². The quantitative estimate of drug-likeness (QED) is 0.654. The molecule has 8 heteroatoms. The molecule has 0 aromatic heterocycles. The van der Waals surface area contributed by atoms with E-state index in [-0.39, 0.29) is 23.0 Å². The average Bonchev–Trinajstić information content (AvgIpc) is 2.56. The SMILES string of the molecule is C=CCNS(=O)(=O)c1ccc(C(=O)N(CC(=O)O)C(C)CC)cc1. The van der Waals surface area contributed by atoms with Gasteiger partial charge in [-0.25, -0.2) is 13.1 Å². The highest BCUT2D eigenvalue weighted by atomic mass is 32.2. The zero-order valence-electron chi connectivity index (χ0n) is 13.7.